The van der Waals surface area contributed by atoms with E-state index in [1.54, 1.807) is 0 Å². The average molecular weight is 390 g/mol. The summed E-state index contributed by atoms with van der Waals surface area (Å²) in [4.78, 5) is 15.0. The molecule has 1 aliphatic heterocycles. The SMILES string of the molecule is Cc1c(C(=O)NCCN2CCOCC2)oc2c1/C(=N\N=C(N)N)CC(C)(C)C2. The Balaban J connectivity index is 1.75. The molecular formula is C19H30N6O3. The normalized spacial score (nSPS) is 20.6. The Morgan fingerprint density at radius 2 is 1.96 bits per heavy atom. The first kappa shape index (κ1) is 20.3. The molecule has 0 bridgehead atoms. The van der Waals surface area contributed by atoms with Crippen molar-refractivity contribution in [3.05, 3.63) is 22.6 Å². The van der Waals surface area contributed by atoms with E-state index in [0.717, 1.165) is 61.9 Å². The number of furan rings is 1. The number of ether oxygens (including phenoxy) is 1. The summed E-state index contributed by atoms with van der Waals surface area (Å²) >= 11 is 0. The van der Waals surface area contributed by atoms with Crippen molar-refractivity contribution < 1.29 is 13.9 Å². The number of carbonyl (C=O) groups is 1. The number of nitrogens with two attached hydrogens (primary N) is 2. The van der Waals surface area contributed by atoms with Gasteiger partial charge in [0, 0.05) is 43.7 Å². The molecule has 1 fully saturated rings. The minimum Gasteiger partial charge on any atom is -0.455 e. The van der Waals surface area contributed by atoms with E-state index in [-0.39, 0.29) is 17.3 Å². The van der Waals surface area contributed by atoms with E-state index in [1.807, 2.05) is 6.92 Å². The molecule has 1 aromatic rings. The Bertz CT molecular complexity index is 786. The minimum atomic E-state index is -0.209. The first-order valence-electron chi connectivity index (χ1n) is 9.63. The molecule has 154 valence electrons. The van der Waals surface area contributed by atoms with Gasteiger partial charge in [-0.2, -0.15) is 5.10 Å². The van der Waals surface area contributed by atoms with Crippen LogP contribution in [0.3, 0.4) is 0 Å². The summed E-state index contributed by atoms with van der Waals surface area (Å²) in [6.07, 6.45) is 1.43. The van der Waals surface area contributed by atoms with Gasteiger partial charge in [-0.15, -0.1) is 5.10 Å². The fourth-order valence-corrected chi connectivity index (χ4v) is 3.77. The van der Waals surface area contributed by atoms with Crippen LogP contribution in [-0.2, 0) is 11.2 Å². The fraction of sp³-hybridized carbons (Fsp3) is 0.632. The molecule has 28 heavy (non-hydrogen) atoms. The number of hydrogen-bond donors (Lipinski definition) is 3. The summed E-state index contributed by atoms with van der Waals surface area (Å²) in [5, 5.41) is 11.0. The van der Waals surface area contributed by atoms with Crippen LogP contribution in [0.25, 0.3) is 0 Å². The molecule has 1 amide bonds. The smallest absolute Gasteiger partial charge is 0.287 e. The molecule has 0 radical (unpaired) electrons. The van der Waals surface area contributed by atoms with Gasteiger partial charge in [0.05, 0.1) is 18.9 Å². The van der Waals surface area contributed by atoms with Crippen LogP contribution in [0.15, 0.2) is 14.6 Å². The van der Waals surface area contributed by atoms with Gasteiger partial charge in [0.25, 0.3) is 5.91 Å². The van der Waals surface area contributed by atoms with Crippen molar-refractivity contribution in [1.82, 2.24) is 10.2 Å². The van der Waals surface area contributed by atoms with E-state index in [9.17, 15) is 4.79 Å². The van der Waals surface area contributed by atoms with E-state index in [2.05, 4.69) is 34.3 Å². The van der Waals surface area contributed by atoms with Crippen molar-refractivity contribution in [3.63, 3.8) is 0 Å². The van der Waals surface area contributed by atoms with Crippen LogP contribution in [0.2, 0.25) is 0 Å². The number of fused-ring (bicyclic) bond motifs is 1. The highest BCUT2D eigenvalue weighted by Gasteiger charge is 2.36. The lowest BCUT2D eigenvalue weighted by molar-refractivity contribution is 0.0382. The third-order valence-corrected chi connectivity index (χ3v) is 5.10. The molecule has 2 heterocycles. The van der Waals surface area contributed by atoms with E-state index in [1.165, 1.54) is 0 Å². The Hall–Kier alpha value is -2.39. The lowest BCUT2D eigenvalue weighted by Gasteiger charge is -2.29. The first-order chi connectivity index (χ1) is 13.3. The van der Waals surface area contributed by atoms with Crippen LogP contribution in [-0.4, -0.2) is 61.9 Å². The van der Waals surface area contributed by atoms with Crippen LogP contribution in [0.4, 0.5) is 0 Å². The van der Waals surface area contributed by atoms with Gasteiger partial charge in [0.15, 0.2) is 5.76 Å². The minimum absolute atomic E-state index is 0.0565. The van der Waals surface area contributed by atoms with Gasteiger partial charge in [-0.25, -0.2) is 0 Å². The number of nitrogens with zero attached hydrogens (tertiary/aromatic N) is 3. The van der Waals surface area contributed by atoms with Gasteiger partial charge in [-0.05, 0) is 18.8 Å². The molecular weight excluding hydrogens is 360 g/mol. The standard InChI is InChI=1S/C19H30N6O3/c1-12-15-13(23-24-18(20)21)10-19(2,3)11-14(15)28-16(12)17(26)22-4-5-25-6-8-27-9-7-25/h4-11H2,1-3H3,(H,22,26)(H4,20,21,24)/b23-13-. The zero-order chi connectivity index (χ0) is 20.3. The Morgan fingerprint density at radius 1 is 1.25 bits per heavy atom. The topological polar surface area (TPSA) is 131 Å². The summed E-state index contributed by atoms with van der Waals surface area (Å²) in [7, 11) is 0. The monoisotopic (exact) mass is 390 g/mol. The van der Waals surface area contributed by atoms with Crippen molar-refractivity contribution in [2.45, 2.75) is 33.6 Å². The quantitative estimate of drug-likeness (QED) is 0.383. The van der Waals surface area contributed by atoms with Crippen molar-refractivity contribution in [1.29, 1.82) is 0 Å². The summed E-state index contributed by atoms with van der Waals surface area (Å²) in [6, 6.07) is 0. The zero-order valence-electron chi connectivity index (χ0n) is 16.9. The second-order valence-corrected chi connectivity index (χ2v) is 8.15. The third kappa shape index (κ3) is 4.71. The summed E-state index contributed by atoms with van der Waals surface area (Å²) in [5.74, 6) is 0.789. The van der Waals surface area contributed by atoms with Crippen LogP contribution in [0.1, 0.15) is 47.7 Å². The molecule has 9 nitrogen and oxygen atoms in total. The molecule has 1 saturated heterocycles. The fourth-order valence-electron chi connectivity index (χ4n) is 3.77. The van der Waals surface area contributed by atoms with Gasteiger partial charge in [-0.1, -0.05) is 13.8 Å². The van der Waals surface area contributed by atoms with Gasteiger partial charge < -0.3 is 25.9 Å². The molecule has 1 aliphatic carbocycles. The Kier molecular flexibility index (Phi) is 6.04. The first-order valence-corrected chi connectivity index (χ1v) is 9.63. The molecule has 3 rings (SSSR count). The van der Waals surface area contributed by atoms with E-state index < -0.39 is 0 Å². The molecule has 5 N–H and O–H groups in total. The lowest BCUT2D eigenvalue weighted by atomic mass is 9.75. The maximum absolute atomic E-state index is 12.7. The summed E-state index contributed by atoms with van der Waals surface area (Å²) in [6.45, 7) is 10.7. The van der Waals surface area contributed by atoms with Gasteiger partial charge in [0.1, 0.15) is 5.76 Å². The zero-order valence-corrected chi connectivity index (χ0v) is 16.9. The largest absolute Gasteiger partial charge is 0.455 e. The number of amides is 1. The molecule has 0 spiro atoms. The van der Waals surface area contributed by atoms with Gasteiger partial charge in [-0.3, -0.25) is 9.69 Å². The van der Waals surface area contributed by atoms with Crippen LogP contribution >= 0.6 is 0 Å². The summed E-state index contributed by atoms with van der Waals surface area (Å²) < 4.78 is 11.3. The van der Waals surface area contributed by atoms with Crippen LogP contribution < -0.4 is 16.8 Å². The van der Waals surface area contributed by atoms with Crippen molar-refractivity contribution >= 4 is 17.6 Å². The predicted octanol–water partition coefficient (Wildman–Crippen LogP) is 0.600. The number of guanidine groups is 1. The highest BCUT2D eigenvalue weighted by atomic mass is 16.5. The second kappa shape index (κ2) is 8.32. The third-order valence-electron chi connectivity index (χ3n) is 5.10. The number of nitrogens with one attached hydrogen (secondary N) is 1. The number of hydrogen-bond acceptors (Lipinski definition) is 6. The van der Waals surface area contributed by atoms with Gasteiger partial charge >= 0.3 is 0 Å². The highest BCUT2D eigenvalue weighted by Crippen LogP contribution is 2.38. The molecule has 0 saturated carbocycles. The maximum Gasteiger partial charge on any atom is 0.287 e. The average Bonchev–Trinajstić information content (AvgIpc) is 2.95. The van der Waals surface area contributed by atoms with E-state index in [0.29, 0.717) is 18.7 Å². The highest BCUT2D eigenvalue weighted by molar-refractivity contribution is 6.07. The number of rotatable bonds is 5. The molecule has 0 aromatic carbocycles. The number of morpholine rings is 1. The lowest BCUT2D eigenvalue weighted by Crippen LogP contribution is -2.41. The van der Waals surface area contributed by atoms with Crippen molar-refractivity contribution in [3.8, 4) is 0 Å². The maximum atomic E-state index is 12.7. The Labute approximate surface area is 165 Å². The van der Waals surface area contributed by atoms with E-state index >= 15 is 0 Å². The van der Waals surface area contributed by atoms with Gasteiger partial charge in [0.2, 0.25) is 5.96 Å². The molecule has 2 aliphatic rings. The van der Waals surface area contributed by atoms with Crippen molar-refractivity contribution in [2.75, 3.05) is 39.4 Å². The molecule has 1 aromatic heterocycles. The number of carbonyl (C=O) groups excluding carboxylic acids is 1. The van der Waals surface area contributed by atoms with Crippen LogP contribution in [0.5, 0.6) is 0 Å². The molecule has 0 unspecified atom stereocenters. The van der Waals surface area contributed by atoms with Crippen LogP contribution in [0, 0.1) is 12.3 Å². The summed E-state index contributed by atoms with van der Waals surface area (Å²) in [5.41, 5.74) is 13.2. The predicted molar refractivity (Wildman–Crippen MR) is 107 cm³/mol. The second-order valence-electron chi connectivity index (χ2n) is 8.15. The molecule has 0 atom stereocenters. The van der Waals surface area contributed by atoms with Crippen molar-refractivity contribution in [2.24, 2.45) is 27.1 Å². The molecule has 9 heteroatoms. The Morgan fingerprint density at radius 3 is 2.64 bits per heavy atom. The van der Waals surface area contributed by atoms with E-state index in [4.69, 9.17) is 20.6 Å².